The minimum absolute atomic E-state index is 0.289. The van der Waals surface area contributed by atoms with Crippen molar-refractivity contribution in [2.75, 3.05) is 12.4 Å². The summed E-state index contributed by atoms with van der Waals surface area (Å²) in [6.45, 7) is 1.19. The molecule has 134 valence electrons. The molecule has 1 saturated carbocycles. The van der Waals surface area contributed by atoms with Gasteiger partial charge in [-0.2, -0.15) is 0 Å². The molecule has 0 bridgehead atoms. The Labute approximate surface area is 156 Å². The lowest BCUT2D eigenvalue weighted by molar-refractivity contribution is 0.325. The second-order valence-corrected chi connectivity index (χ2v) is 7.38. The van der Waals surface area contributed by atoms with Crippen LogP contribution in [0.15, 0.2) is 59.8 Å². The summed E-state index contributed by atoms with van der Waals surface area (Å²) in [6, 6.07) is 16.8. The number of benzene rings is 2. The molecule has 1 aliphatic carbocycles. The molecular formula is C20H20FN3OS. The summed E-state index contributed by atoms with van der Waals surface area (Å²) in [5.74, 6) is 2.26. The van der Waals surface area contributed by atoms with Gasteiger partial charge in [-0.05, 0) is 30.5 Å². The van der Waals surface area contributed by atoms with Crippen molar-refractivity contribution < 1.29 is 9.13 Å². The summed E-state index contributed by atoms with van der Waals surface area (Å²) in [6.07, 6.45) is 2.38. The van der Waals surface area contributed by atoms with Crippen molar-refractivity contribution in [3.05, 3.63) is 71.8 Å². The Morgan fingerprint density at radius 1 is 1.04 bits per heavy atom. The fourth-order valence-electron chi connectivity index (χ4n) is 2.81. The van der Waals surface area contributed by atoms with E-state index in [0.717, 1.165) is 17.5 Å². The molecule has 1 aromatic heterocycles. The summed E-state index contributed by atoms with van der Waals surface area (Å²) in [5, 5.41) is 9.69. The molecule has 0 N–H and O–H groups in total. The molecule has 2 aromatic carbocycles. The highest BCUT2D eigenvalue weighted by Gasteiger charge is 2.30. The number of para-hydroxylation sites is 1. The first-order valence-corrected chi connectivity index (χ1v) is 9.77. The van der Waals surface area contributed by atoms with Gasteiger partial charge in [0.25, 0.3) is 0 Å². The Bertz CT molecular complexity index is 865. The molecule has 1 fully saturated rings. The molecule has 1 heterocycles. The van der Waals surface area contributed by atoms with Gasteiger partial charge in [-0.1, -0.05) is 54.2 Å². The van der Waals surface area contributed by atoms with Crippen LogP contribution in [0.1, 0.15) is 30.1 Å². The predicted molar refractivity (Wildman–Crippen MR) is 100 cm³/mol. The summed E-state index contributed by atoms with van der Waals surface area (Å²) in [4.78, 5) is 0. The minimum atomic E-state index is -0.333. The molecule has 4 nitrogen and oxygen atoms in total. The van der Waals surface area contributed by atoms with Gasteiger partial charge in [-0.25, -0.2) is 4.39 Å². The van der Waals surface area contributed by atoms with E-state index in [1.807, 2.05) is 18.2 Å². The van der Waals surface area contributed by atoms with Crippen molar-refractivity contribution in [3.8, 4) is 5.75 Å². The molecule has 0 aliphatic heterocycles. The molecule has 26 heavy (non-hydrogen) atoms. The molecule has 0 amide bonds. The van der Waals surface area contributed by atoms with Crippen molar-refractivity contribution in [2.24, 2.45) is 0 Å². The monoisotopic (exact) mass is 369 g/mol. The lowest BCUT2D eigenvalue weighted by atomic mass is 10.2. The number of thioether (sulfide) groups is 1. The standard InChI is InChI=1S/C20H20FN3OS/c21-17-8-4-5-9-18(17)25-12-13-26-20-23-22-19(16-10-11-16)24(20)14-15-6-2-1-3-7-15/h1-9,16H,10-14H2. The van der Waals surface area contributed by atoms with Gasteiger partial charge in [0, 0.05) is 11.7 Å². The Hall–Kier alpha value is -2.34. The normalized spacial score (nSPS) is 13.7. The summed E-state index contributed by atoms with van der Waals surface area (Å²) >= 11 is 1.60. The van der Waals surface area contributed by atoms with Crippen molar-refractivity contribution in [3.63, 3.8) is 0 Å². The first-order valence-electron chi connectivity index (χ1n) is 8.78. The smallest absolute Gasteiger partial charge is 0.191 e. The molecular weight excluding hydrogens is 349 g/mol. The Kier molecular flexibility index (Phi) is 5.20. The largest absolute Gasteiger partial charge is 0.490 e. The van der Waals surface area contributed by atoms with Gasteiger partial charge < -0.3 is 9.30 Å². The zero-order valence-electron chi connectivity index (χ0n) is 14.3. The third kappa shape index (κ3) is 4.07. The summed E-state index contributed by atoms with van der Waals surface area (Å²) in [5.41, 5.74) is 1.23. The van der Waals surface area contributed by atoms with Crippen LogP contribution in [0.3, 0.4) is 0 Å². The fraction of sp³-hybridized carbons (Fsp3) is 0.300. The van der Waals surface area contributed by atoms with E-state index >= 15 is 0 Å². The van der Waals surface area contributed by atoms with E-state index in [9.17, 15) is 4.39 Å². The molecule has 0 atom stereocenters. The van der Waals surface area contributed by atoms with Crippen LogP contribution in [0.5, 0.6) is 5.75 Å². The molecule has 0 saturated heterocycles. The van der Waals surface area contributed by atoms with Crippen LogP contribution < -0.4 is 4.74 Å². The number of hydrogen-bond acceptors (Lipinski definition) is 4. The van der Waals surface area contributed by atoms with E-state index in [4.69, 9.17) is 4.74 Å². The number of hydrogen-bond donors (Lipinski definition) is 0. The van der Waals surface area contributed by atoms with E-state index < -0.39 is 0 Å². The first-order chi connectivity index (χ1) is 12.8. The van der Waals surface area contributed by atoms with Crippen LogP contribution >= 0.6 is 11.8 Å². The number of nitrogens with zero attached hydrogens (tertiary/aromatic N) is 3. The second kappa shape index (κ2) is 7.91. The molecule has 0 spiro atoms. The highest BCUT2D eigenvalue weighted by molar-refractivity contribution is 7.99. The lowest BCUT2D eigenvalue weighted by Gasteiger charge is -2.10. The topological polar surface area (TPSA) is 39.9 Å². The van der Waals surface area contributed by atoms with Crippen molar-refractivity contribution in [2.45, 2.75) is 30.5 Å². The predicted octanol–water partition coefficient (Wildman–Crippen LogP) is 4.51. The van der Waals surface area contributed by atoms with Crippen LogP contribution in [0.2, 0.25) is 0 Å². The molecule has 0 unspecified atom stereocenters. The Morgan fingerprint density at radius 3 is 2.58 bits per heavy atom. The van der Waals surface area contributed by atoms with E-state index in [0.29, 0.717) is 18.3 Å². The number of ether oxygens (including phenoxy) is 1. The Morgan fingerprint density at radius 2 is 1.81 bits per heavy atom. The van der Waals surface area contributed by atoms with Crippen LogP contribution in [0.4, 0.5) is 4.39 Å². The van der Waals surface area contributed by atoms with Crippen molar-refractivity contribution >= 4 is 11.8 Å². The molecule has 6 heteroatoms. The van der Waals surface area contributed by atoms with E-state index in [1.165, 1.54) is 24.5 Å². The third-order valence-electron chi connectivity index (χ3n) is 4.28. The molecule has 4 rings (SSSR count). The van der Waals surface area contributed by atoms with Gasteiger partial charge in [-0.3, -0.25) is 0 Å². The van der Waals surface area contributed by atoms with Crippen LogP contribution in [0, 0.1) is 5.82 Å². The van der Waals surface area contributed by atoms with Crippen LogP contribution in [-0.2, 0) is 6.54 Å². The molecule has 3 aromatic rings. The average molecular weight is 369 g/mol. The first kappa shape index (κ1) is 17.1. The SMILES string of the molecule is Fc1ccccc1OCCSc1nnc(C2CC2)n1Cc1ccccc1. The molecule has 1 aliphatic rings. The third-order valence-corrected chi connectivity index (χ3v) is 5.21. The minimum Gasteiger partial charge on any atom is -0.490 e. The number of halogens is 1. The van der Waals surface area contributed by atoms with Gasteiger partial charge in [0.05, 0.1) is 13.2 Å². The lowest BCUT2D eigenvalue weighted by Crippen LogP contribution is -2.07. The maximum atomic E-state index is 13.6. The maximum absolute atomic E-state index is 13.6. The summed E-state index contributed by atoms with van der Waals surface area (Å²) < 4.78 is 21.3. The zero-order valence-corrected chi connectivity index (χ0v) is 15.2. The van der Waals surface area contributed by atoms with Gasteiger partial charge in [0.1, 0.15) is 5.82 Å². The Balaban J connectivity index is 1.40. The van der Waals surface area contributed by atoms with Gasteiger partial charge in [-0.15, -0.1) is 10.2 Å². The van der Waals surface area contributed by atoms with Crippen LogP contribution in [-0.4, -0.2) is 27.1 Å². The maximum Gasteiger partial charge on any atom is 0.191 e. The summed E-state index contributed by atoms with van der Waals surface area (Å²) in [7, 11) is 0. The van der Waals surface area contributed by atoms with Gasteiger partial charge in [0.2, 0.25) is 0 Å². The number of rotatable bonds is 8. The van der Waals surface area contributed by atoms with E-state index in [-0.39, 0.29) is 11.6 Å². The van der Waals surface area contributed by atoms with Gasteiger partial charge in [0.15, 0.2) is 16.7 Å². The van der Waals surface area contributed by atoms with Crippen molar-refractivity contribution in [1.29, 1.82) is 0 Å². The zero-order chi connectivity index (χ0) is 17.8. The quantitative estimate of drug-likeness (QED) is 0.432. The van der Waals surface area contributed by atoms with Crippen LogP contribution in [0.25, 0.3) is 0 Å². The van der Waals surface area contributed by atoms with E-state index in [2.05, 4.69) is 26.9 Å². The average Bonchev–Trinajstić information content (AvgIpc) is 3.44. The number of aromatic nitrogens is 3. The second-order valence-electron chi connectivity index (χ2n) is 6.31. The fourth-order valence-corrected chi connectivity index (χ4v) is 3.57. The highest BCUT2D eigenvalue weighted by atomic mass is 32.2. The molecule has 0 radical (unpaired) electrons. The highest BCUT2D eigenvalue weighted by Crippen LogP contribution is 2.40. The van der Waals surface area contributed by atoms with E-state index in [1.54, 1.807) is 30.0 Å². The van der Waals surface area contributed by atoms with Gasteiger partial charge >= 0.3 is 0 Å². The van der Waals surface area contributed by atoms with Crippen molar-refractivity contribution in [1.82, 2.24) is 14.8 Å².